The van der Waals surface area contributed by atoms with Gasteiger partial charge >= 0.3 is 0 Å². The van der Waals surface area contributed by atoms with Gasteiger partial charge in [-0.25, -0.2) is 0 Å². The van der Waals surface area contributed by atoms with Crippen LogP contribution in [0.1, 0.15) is 47.2 Å². The second kappa shape index (κ2) is 6.03. The van der Waals surface area contributed by atoms with E-state index < -0.39 is 0 Å². The Morgan fingerprint density at radius 1 is 1.05 bits per heavy atom. The third-order valence-electron chi connectivity index (χ3n) is 4.72. The van der Waals surface area contributed by atoms with Gasteiger partial charge in [0.25, 0.3) is 0 Å². The molecule has 0 aliphatic heterocycles. The number of nitrogens with one attached hydrogen (secondary N) is 1. The highest BCUT2D eigenvalue weighted by Crippen LogP contribution is 2.24. The fraction of sp³-hybridized carbons (Fsp3) is 0.400. The summed E-state index contributed by atoms with van der Waals surface area (Å²) >= 11 is 0. The second-order valence-corrected chi connectivity index (χ2v) is 6.46. The van der Waals surface area contributed by atoms with Crippen molar-refractivity contribution in [3.63, 3.8) is 0 Å². The fourth-order valence-corrected chi connectivity index (χ4v) is 3.59. The van der Waals surface area contributed by atoms with E-state index in [4.69, 9.17) is 0 Å². The van der Waals surface area contributed by atoms with E-state index >= 15 is 0 Å². The molecule has 1 aliphatic rings. The molecule has 1 aliphatic carbocycles. The van der Waals surface area contributed by atoms with Crippen LogP contribution in [0.15, 0.2) is 42.5 Å². The first kappa shape index (κ1) is 14.3. The Kier molecular flexibility index (Phi) is 4.12. The molecule has 0 radical (unpaired) electrons. The first-order valence-electron chi connectivity index (χ1n) is 8.03. The molecule has 2 unspecified atom stereocenters. The first-order valence-corrected chi connectivity index (χ1v) is 8.03. The molecule has 1 N–H and O–H groups in total. The van der Waals surface area contributed by atoms with E-state index in [-0.39, 0.29) is 0 Å². The van der Waals surface area contributed by atoms with Crippen LogP contribution in [0.3, 0.4) is 0 Å². The average Bonchev–Trinajstić information content (AvgIpc) is 2.47. The van der Waals surface area contributed by atoms with Crippen molar-refractivity contribution in [3.8, 4) is 0 Å². The third-order valence-corrected chi connectivity index (χ3v) is 4.72. The van der Waals surface area contributed by atoms with Crippen LogP contribution in [0.5, 0.6) is 0 Å². The van der Waals surface area contributed by atoms with E-state index in [1.165, 1.54) is 40.7 Å². The highest BCUT2D eigenvalue weighted by atomic mass is 14.9. The van der Waals surface area contributed by atoms with Crippen molar-refractivity contribution in [2.75, 3.05) is 0 Å². The summed E-state index contributed by atoms with van der Waals surface area (Å²) in [4.78, 5) is 0. The molecule has 0 bridgehead atoms. The second-order valence-electron chi connectivity index (χ2n) is 6.46. The molecule has 0 saturated heterocycles. The normalized spacial score (nSPS) is 19.1. The molecule has 21 heavy (non-hydrogen) atoms. The van der Waals surface area contributed by atoms with Crippen molar-refractivity contribution >= 4 is 0 Å². The molecule has 2 aromatic rings. The van der Waals surface area contributed by atoms with Crippen molar-refractivity contribution in [3.05, 3.63) is 70.3 Å². The summed E-state index contributed by atoms with van der Waals surface area (Å²) in [6, 6.07) is 16.7. The Bertz CT molecular complexity index is 629. The fourth-order valence-electron chi connectivity index (χ4n) is 3.59. The Labute approximate surface area is 128 Å². The summed E-state index contributed by atoms with van der Waals surface area (Å²) in [5.74, 6) is 0. The molecule has 2 aromatic carbocycles. The smallest absolute Gasteiger partial charge is 0.0297 e. The minimum atomic E-state index is 0.417. The van der Waals surface area contributed by atoms with Crippen molar-refractivity contribution in [1.29, 1.82) is 0 Å². The lowest BCUT2D eigenvalue weighted by Crippen LogP contribution is -2.36. The molecular weight excluding hydrogens is 254 g/mol. The predicted octanol–water partition coefficient (Wildman–Crippen LogP) is 4.51. The Balaban J connectivity index is 1.70. The van der Waals surface area contributed by atoms with Crippen LogP contribution in [-0.4, -0.2) is 6.04 Å². The van der Waals surface area contributed by atoms with Crippen molar-refractivity contribution in [2.45, 2.75) is 52.1 Å². The number of hydrogen-bond acceptors (Lipinski definition) is 1. The summed E-state index contributed by atoms with van der Waals surface area (Å²) < 4.78 is 0. The van der Waals surface area contributed by atoms with E-state index in [2.05, 4.69) is 68.6 Å². The molecule has 0 saturated carbocycles. The quantitative estimate of drug-likeness (QED) is 0.871. The summed E-state index contributed by atoms with van der Waals surface area (Å²) in [5, 5.41) is 3.84. The van der Waals surface area contributed by atoms with E-state index in [1.54, 1.807) is 0 Å². The van der Waals surface area contributed by atoms with Crippen LogP contribution in [0.4, 0.5) is 0 Å². The minimum Gasteiger partial charge on any atom is -0.307 e. The zero-order chi connectivity index (χ0) is 14.8. The monoisotopic (exact) mass is 279 g/mol. The van der Waals surface area contributed by atoms with Crippen LogP contribution >= 0.6 is 0 Å². The van der Waals surface area contributed by atoms with Gasteiger partial charge in [0.15, 0.2) is 0 Å². The molecule has 2 atom stereocenters. The first-order chi connectivity index (χ1) is 10.1. The Morgan fingerprint density at radius 3 is 2.57 bits per heavy atom. The molecule has 1 nitrogen and oxygen atoms in total. The van der Waals surface area contributed by atoms with E-state index in [9.17, 15) is 0 Å². The molecule has 0 amide bonds. The van der Waals surface area contributed by atoms with Crippen LogP contribution in [0.25, 0.3) is 0 Å². The highest BCUT2D eigenvalue weighted by molar-refractivity contribution is 5.33. The molecule has 3 rings (SSSR count). The van der Waals surface area contributed by atoms with Crippen LogP contribution < -0.4 is 5.32 Å². The Morgan fingerprint density at radius 2 is 1.81 bits per heavy atom. The number of benzene rings is 2. The van der Waals surface area contributed by atoms with Crippen molar-refractivity contribution in [2.24, 2.45) is 0 Å². The van der Waals surface area contributed by atoms with Crippen LogP contribution in [0.2, 0.25) is 0 Å². The summed E-state index contributed by atoms with van der Waals surface area (Å²) in [6.07, 6.45) is 3.60. The van der Waals surface area contributed by atoms with Gasteiger partial charge in [0.05, 0.1) is 0 Å². The molecule has 110 valence electrons. The van der Waals surface area contributed by atoms with E-state index in [0.29, 0.717) is 12.1 Å². The number of aryl methyl sites for hydroxylation is 3. The maximum Gasteiger partial charge on any atom is 0.0297 e. The predicted molar refractivity (Wildman–Crippen MR) is 89.7 cm³/mol. The number of fused-ring (bicyclic) bond motifs is 1. The largest absolute Gasteiger partial charge is 0.307 e. The maximum atomic E-state index is 3.84. The zero-order valence-electron chi connectivity index (χ0n) is 13.3. The highest BCUT2D eigenvalue weighted by Gasteiger charge is 2.20. The van der Waals surface area contributed by atoms with Gasteiger partial charge in [-0.3, -0.25) is 0 Å². The average molecular weight is 279 g/mol. The van der Waals surface area contributed by atoms with E-state index in [1.807, 2.05) is 0 Å². The molecule has 1 heteroatoms. The molecular formula is C20H25N. The van der Waals surface area contributed by atoms with Crippen LogP contribution in [-0.2, 0) is 12.8 Å². The molecule has 0 aromatic heterocycles. The van der Waals surface area contributed by atoms with Crippen LogP contribution in [0, 0.1) is 13.8 Å². The SMILES string of the molecule is Cc1ccc(C(C)NC2CCc3ccccc3C2)c(C)c1. The number of hydrogen-bond donors (Lipinski definition) is 1. The standard InChI is InChI=1S/C20H25N/c1-14-8-11-20(15(2)12-14)16(3)21-19-10-9-17-6-4-5-7-18(17)13-19/h4-8,11-12,16,19,21H,9-10,13H2,1-3H3. The number of rotatable bonds is 3. The maximum absolute atomic E-state index is 3.84. The lowest BCUT2D eigenvalue weighted by atomic mass is 9.87. The van der Waals surface area contributed by atoms with Gasteiger partial charge in [-0.2, -0.15) is 0 Å². The topological polar surface area (TPSA) is 12.0 Å². The lowest BCUT2D eigenvalue weighted by molar-refractivity contribution is 0.413. The van der Waals surface area contributed by atoms with Gasteiger partial charge in [-0.1, -0.05) is 48.0 Å². The minimum absolute atomic E-state index is 0.417. The molecule has 0 spiro atoms. The van der Waals surface area contributed by atoms with Crippen molar-refractivity contribution in [1.82, 2.24) is 5.32 Å². The summed E-state index contributed by atoms with van der Waals surface area (Å²) in [6.45, 7) is 6.67. The van der Waals surface area contributed by atoms with Gasteiger partial charge in [-0.15, -0.1) is 0 Å². The summed E-state index contributed by atoms with van der Waals surface area (Å²) in [5.41, 5.74) is 7.23. The lowest BCUT2D eigenvalue weighted by Gasteiger charge is -2.29. The molecule has 0 heterocycles. The van der Waals surface area contributed by atoms with Crippen molar-refractivity contribution < 1.29 is 0 Å². The van der Waals surface area contributed by atoms with E-state index in [0.717, 1.165) is 6.42 Å². The third kappa shape index (κ3) is 3.19. The van der Waals surface area contributed by atoms with Gasteiger partial charge in [0, 0.05) is 12.1 Å². The van der Waals surface area contributed by atoms with Gasteiger partial charge < -0.3 is 5.32 Å². The van der Waals surface area contributed by atoms with Gasteiger partial charge in [0.2, 0.25) is 0 Å². The Hall–Kier alpha value is -1.60. The van der Waals surface area contributed by atoms with Gasteiger partial charge in [-0.05, 0) is 62.3 Å². The summed E-state index contributed by atoms with van der Waals surface area (Å²) in [7, 11) is 0. The zero-order valence-corrected chi connectivity index (χ0v) is 13.3. The van der Waals surface area contributed by atoms with Gasteiger partial charge in [0.1, 0.15) is 0 Å². The molecule has 0 fully saturated rings.